The van der Waals surface area contributed by atoms with E-state index in [9.17, 15) is 8.78 Å². The van der Waals surface area contributed by atoms with Gasteiger partial charge in [0.05, 0.1) is 12.7 Å². The first-order valence-electron chi connectivity index (χ1n) is 8.04. The van der Waals surface area contributed by atoms with Gasteiger partial charge >= 0.3 is 0 Å². The van der Waals surface area contributed by atoms with E-state index in [1.54, 1.807) is 24.3 Å². The fraction of sp³-hybridized carbons (Fsp3) is 0.368. The molecule has 2 aromatic rings. The van der Waals surface area contributed by atoms with E-state index in [4.69, 9.17) is 4.74 Å². The van der Waals surface area contributed by atoms with E-state index in [2.05, 4.69) is 5.32 Å². The van der Waals surface area contributed by atoms with Gasteiger partial charge in [0.1, 0.15) is 11.6 Å². The summed E-state index contributed by atoms with van der Waals surface area (Å²) in [6.45, 7) is 2.34. The monoisotopic (exact) mass is 353 g/mol. The molecule has 0 aromatic heterocycles. The largest absolute Gasteiger partial charge is 0.369 e. The van der Waals surface area contributed by atoms with Gasteiger partial charge in [0.25, 0.3) is 0 Å². The predicted octanol–water partition coefficient (Wildman–Crippen LogP) is 4.64. The van der Waals surface area contributed by atoms with Crippen LogP contribution in [0.15, 0.2) is 48.5 Å². The second-order valence-corrected chi connectivity index (χ2v) is 6.02. The molecule has 3 rings (SSSR count). The summed E-state index contributed by atoms with van der Waals surface area (Å²) in [6.07, 6.45) is 2.11. The lowest BCUT2D eigenvalue weighted by Gasteiger charge is -2.31. The first-order chi connectivity index (χ1) is 11.2. The molecule has 1 heterocycles. The summed E-state index contributed by atoms with van der Waals surface area (Å²) in [4.78, 5) is 0. The Hall–Kier alpha value is -1.49. The van der Waals surface area contributed by atoms with Gasteiger partial charge in [0.15, 0.2) is 0 Å². The van der Waals surface area contributed by atoms with Crippen LogP contribution in [0, 0.1) is 17.6 Å². The van der Waals surface area contributed by atoms with E-state index in [1.165, 1.54) is 24.3 Å². The van der Waals surface area contributed by atoms with Crippen molar-refractivity contribution in [2.24, 2.45) is 5.92 Å². The molecule has 1 saturated heterocycles. The van der Waals surface area contributed by atoms with E-state index in [0.717, 1.165) is 37.1 Å². The molecule has 2 atom stereocenters. The Bertz CT molecular complexity index is 612. The van der Waals surface area contributed by atoms with E-state index in [1.807, 2.05) is 0 Å². The highest BCUT2D eigenvalue weighted by molar-refractivity contribution is 5.85. The van der Waals surface area contributed by atoms with Crippen LogP contribution >= 0.6 is 12.4 Å². The molecule has 2 unspecified atom stereocenters. The average molecular weight is 354 g/mol. The Labute approximate surface area is 147 Å². The molecule has 0 aliphatic carbocycles. The van der Waals surface area contributed by atoms with E-state index in [0.29, 0.717) is 12.5 Å². The molecule has 1 aliphatic rings. The molecule has 1 fully saturated rings. The minimum absolute atomic E-state index is 0. The van der Waals surface area contributed by atoms with E-state index in [-0.39, 0.29) is 30.1 Å². The summed E-state index contributed by atoms with van der Waals surface area (Å²) >= 11 is 0. The highest BCUT2D eigenvalue weighted by atomic mass is 35.5. The normalized spacial score (nSPS) is 18.7. The third-order valence-electron chi connectivity index (χ3n) is 4.30. The molecule has 0 radical (unpaired) electrons. The number of hydrogen-bond acceptors (Lipinski definition) is 2. The number of hydrogen-bond donors (Lipinski definition) is 1. The standard InChI is InChI=1S/C19H21F2NO.ClH/c20-17-7-3-14(4-8-17)13-23-19(16-2-1-11-22-12-16)15-5-9-18(21)10-6-15;/h3-10,16,19,22H,1-2,11-13H2;1H. The van der Waals surface area contributed by atoms with Crippen LogP contribution in [0.25, 0.3) is 0 Å². The van der Waals surface area contributed by atoms with Crippen molar-refractivity contribution in [3.63, 3.8) is 0 Å². The molecule has 2 aromatic carbocycles. The molecule has 5 heteroatoms. The third-order valence-corrected chi connectivity index (χ3v) is 4.30. The van der Waals surface area contributed by atoms with Gasteiger partial charge in [-0.3, -0.25) is 0 Å². The van der Waals surface area contributed by atoms with Gasteiger partial charge in [0.2, 0.25) is 0 Å². The Morgan fingerprint density at radius 3 is 2.21 bits per heavy atom. The van der Waals surface area contributed by atoms with Gasteiger partial charge in [-0.2, -0.15) is 0 Å². The molecule has 0 amide bonds. The molecule has 130 valence electrons. The smallest absolute Gasteiger partial charge is 0.123 e. The van der Waals surface area contributed by atoms with E-state index < -0.39 is 0 Å². The summed E-state index contributed by atoms with van der Waals surface area (Å²) < 4.78 is 32.3. The van der Waals surface area contributed by atoms with E-state index >= 15 is 0 Å². The summed E-state index contributed by atoms with van der Waals surface area (Å²) in [7, 11) is 0. The minimum atomic E-state index is -0.250. The maximum atomic E-state index is 13.2. The summed E-state index contributed by atoms with van der Waals surface area (Å²) in [5, 5.41) is 3.40. The Morgan fingerprint density at radius 2 is 1.62 bits per heavy atom. The second kappa shape index (κ2) is 9.11. The van der Waals surface area contributed by atoms with Crippen LogP contribution in [-0.4, -0.2) is 13.1 Å². The average Bonchev–Trinajstić information content (AvgIpc) is 2.59. The van der Waals surface area contributed by atoms with Crippen molar-refractivity contribution in [2.75, 3.05) is 13.1 Å². The van der Waals surface area contributed by atoms with Crippen LogP contribution < -0.4 is 5.32 Å². The lowest BCUT2D eigenvalue weighted by Crippen LogP contribution is -2.34. The molecule has 0 spiro atoms. The zero-order valence-electron chi connectivity index (χ0n) is 13.4. The van der Waals surface area contributed by atoms with Crippen LogP contribution in [-0.2, 0) is 11.3 Å². The van der Waals surface area contributed by atoms with Gasteiger partial charge in [-0.15, -0.1) is 12.4 Å². The van der Waals surface area contributed by atoms with Crippen molar-refractivity contribution in [1.29, 1.82) is 0 Å². The second-order valence-electron chi connectivity index (χ2n) is 6.02. The Kier molecular flexibility index (Phi) is 7.16. The van der Waals surface area contributed by atoms with Crippen molar-refractivity contribution < 1.29 is 13.5 Å². The van der Waals surface area contributed by atoms with Crippen molar-refractivity contribution in [2.45, 2.75) is 25.6 Å². The maximum absolute atomic E-state index is 13.2. The van der Waals surface area contributed by atoms with Crippen molar-refractivity contribution >= 4 is 12.4 Å². The van der Waals surface area contributed by atoms with Crippen LogP contribution in [0.4, 0.5) is 8.78 Å². The number of nitrogens with one attached hydrogen (secondary N) is 1. The number of ether oxygens (including phenoxy) is 1. The third kappa shape index (κ3) is 5.00. The van der Waals surface area contributed by atoms with Crippen molar-refractivity contribution in [3.8, 4) is 0 Å². The molecular formula is C19H22ClF2NO. The molecule has 2 nitrogen and oxygen atoms in total. The first kappa shape index (κ1) is 18.8. The Balaban J connectivity index is 0.00000208. The summed E-state index contributed by atoms with van der Waals surface area (Å²) in [5.74, 6) is -0.136. The van der Waals surface area contributed by atoms with Crippen molar-refractivity contribution in [1.82, 2.24) is 5.32 Å². The first-order valence-corrected chi connectivity index (χ1v) is 8.04. The SMILES string of the molecule is Cl.Fc1ccc(COC(c2ccc(F)cc2)C2CCCNC2)cc1. The number of piperidine rings is 1. The lowest BCUT2D eigenvalue weighted by atomic mass is 9.89. The number of benzene rings is 2. The summed E-state index contributed by atoms with van der Waals surface area (Å²) in [5.41, 5.74) is 1.92. The molecule has 0 bridgehead atoms. The lowest BCUT2D eigenvalue weighted by molar-refractivity contribution is -0.00817. The molecule has 1 N–H and O–H groups in total. The van der Waals surface area contributed by atoms with Gasteiger partial charge in [-0.25, -0.2) is 8.78 Å². The molecular weight excluding hydrogens is 332 g/mol. The quantitative estimate of drug-likeness (QED) is 0.845. The summed E-state index contributed by atoms with van der Waals surface area (Å²) in [6, 6.07) is 12.9. The molecule has 0 saturated carbocycles. The highest BCUT2D eigenvalue weighted by Gasteiger charge is 2.25. The molecule has 24 heavy (non-hydrogen) atoms. The van der Waals surface area contributed by atoms with Gasteiger partial charge in [-0.1, -0.05) is 24.3 Å². The van der Waals surface area contributed by atoms with Crippen LogP contribution in [0.2, 0.25) is 0 Å². The van der Waals surface area contributed by atoms with Gasteiger partial charge in [0, 0.05) is 12.5 Å². The van der Waals surface area contributed by atoms with Crippen LogP contribution in [0.5, 0.6) is 0 Å². The zero-order valence-corrected chi connectivity index (χ0v) is 14.2. The van der Waals surface area contributed by atoms with Crippen molar-refractivity contribution in [3.05, 3.63) is 71.3 Å². The van der Waals surface area contributed by atoms with Gasteiger partial charge in [-0.05, 0) is 54.8 Å². The fourth-order valence-corrected chi connectivity index (χ4v) is 3.06. The minimum Gasteiger partial charge on any atom is -0.369 e. The topological polar surface area (TPSA) is 21.3 Å². The van der Waals surface area contributed by atoms with Crippen LogP contribution in [0.1, 0.15) is 30.1 Å². The number of halogens is 3. The Morgan fingerprint density at radius 1 is 1.00 bits per heavy atom. The maximum Gasteiger partial charge on any atom is 0.123 e. The van der Waals surface area contributed by atoms with Gasteiger partial charge < -0.3 is 10.1 Å². The predicted molar refractivity (Wildman–Crippen MR) is 93.2 cm³/mol. The zero-order chi connectivity index (χ0) is 16.1. The van der Waals surface area contributed by atoms with Crippen LogP contribution in [0.3, 0.4) is 0 Å². The highest BCUT2D eigenvalue weighted by Crippen LogP contribution is 2.31. The number of rotatable bonds is 5. The fourth-order valence-electron chi connectivity index (χ4n) is 3.06. The molecule has 1 aliphatic heterocycles.